The van der Waals surface area contributed by atoms with Gasteiger partial charge in [0.1, 0.15) is 0 Å². The number of rotatable bonds is 5. The molecule has 1 aliphatic heterocycles. The van der Waals surface area contributed by atoms with E-state index in [1.54, 1.807) is 11.8 Å². The van der Waals surface area contributed by atoms with Gasteiger partial charge in [-0.25, -0.2) is 4.98 Å². The summed E-state index contributed by atoms with van der Waals surface area (Å²) in [5.74, 6) is -0.790. The van der Waals surface area contributed by atoms with E-state index >= 15 is 0 Å². The lowest BCUT2D eigenvalue weighted by molar-refractivity contribution is -0.155. The first-order valence-corrected chi connectivity index (χ1v) is 11.3. The largest absolute Gasteiger partial charge is 0.465 e. The van der Waals surface area contributed by atoms with Crippen molar-refractivity contribution in [2.24, 2.45) is 11.8 Å². The molecule has 0 N–H and O–H groups in total. The molecule has 2 aromatic carbocycles. The Kier molecular flexibility index (Phi) is 5.52. The maximum Gasteiger partial charge on any atom is 0.320 e. The highest BCUT2D eigenvalue weighted by Crippen LogP contribution is 2.45. The van der Waals surface area contributed by atoms with Gasteiger partial charge in [-0.05, 0) is 49.8 Å². The summed E-state index contributed by atoms with van der Waals surface area (Å²) in [5, 5.41) is 0. The standard InChI is InChI=1S/C26H27N3O3/c1-2-32-25(31)22-23(19-13-7-4-8-14-19)29-21-16-10-9-15-20(21)27-26(29)28(24(22)30)17-18-11-5-3-6-12-18/h3-7,9-12,15-16,19,22-23H,2,8,13-14,17H2,1H3/t19-,22-,23-/m1/s1. The Balaban J connectivity index is 1.69. The Labute approximate surface area is 187 Å². The Morgan fingerprint density at radius 2 is 1.88 bits per heavy atom. The molecule has 5 rings (SSSR count). The molecular formula is C26H27N3O3. The Morgan fingerprint density at radius 3 is 2.62 bits per heavy atom. The number of para-hydroxylation sites is 2. The van der Waals surface area contributed by atoms with Crippen molar-refractivity contribution in [2.45, 2.75) is 38.8 Å². The zero-order valence-corrected chi connectivity index (χ0v) is 18.2. The van der Waals surface area contributed by atoms with Crippen LogP contribution in [0.5, 0.6) is 0 Å². The number of allylic oxidation sites excluding steroid dienone is 2. The average Bonchev–Trinajstić information content (AvgIpc) is 3.21. The van der Waals surface area contributed by atoms with E-state index in [1.165, 1.54) is 0 Å². The summed E-state index contributed by atoms with van der Waals surface area (Å²) in [5.41, 5.74) is 2.76. The van der Waals surface area contributed by atoms with Crippen LogP contribution in [0.1, 0.15) is 37.8 Å². The molecule has 0 fully saturated rings. The van der Waals surface area contributed by atoms with Crippen LogP contribution in [0.2, 0.25) is 0 Å². The van der Waals surface area contributed by atoms with Crippen molar-refractivity contribution < 1.29 is 14.3 Å². The molecule has 32 heavy (non-hydrogen) atoms. The predicted molar refractivity (Wildman–Crippen MR) is 123 cm³/mol. The molecule has 1 aliphatic carbocycles. The summed E-state index contributed by atoms with van der Waals surface area (Å²) in [6.07, 6.45) is 7.04. The maximum absolute atomic E-state index is 13.9. The van der Waals surface area contributed by atoms with Gasteiger partial charge in [0, 0.05) is 0 Å². The highest BCUT2D eigenvalue weighted by molar-refractivity contribution is 6.08. The lowest BCUT2D eigenvalue weighted by Gasteiger charge is -2.41. The van der Waals surface area contributed by atoms with Gasteiger partial charge in [0.15, 0.2) is 5.92 Å². The number of esters is 1. The van der Waals surface area contributed by atoms with E-state index in [0.29, 0.717) is 12.5 Å². The van der Waals surface area contributed by atoms with Gasteiger partial charge >= 0.3 is 5.97 Å². The highest BCUT2D eigenvalue weighted by atomic mass is 16.5. The smallest absolute Gasteiger partial charge is 0.320 e. The normalized spacial score (nSPS) is 22.7. The van der Waals surface area contributed by atoms with E-state index in [1.807, 2.05) is 54.6 Å². The first-order chi connectivity index (χ1) is 15.7. The minimum atomic E-state index is -0.889. The monoisotopic (exact) mass is 429 g/mol. The molecule has 1 amide bonds. The number of hydrogen-bond acceptors (Lipinski definition) is 4. The van der Waals surface area contributed by atoms with Gasteiger partial charge in [0.2, 0.25) is 11.9 Å². The zero-order chi connectivity index (χ0) is 22.1. The highest BCUT2D eigenvalue weighted by Gasteiger charge is 2.49. The molecule has 0 spiro atoms. The van der Waals surface area contributed by atoms with Crippen LogP contribution >= 0.6 is 0 Å². The number of carbonyl (C=O) groups excluding carboxylic acids is 2. The first-order valence-electron chi connectivity index (χ1n) is 11.3. The summed E-state index contributed by atoms with van der Waals surface area (Å²) < 4.78 is 7.57. The molecule has 0 bridgehead atoms. The first kappa shape index (κ1) is 20.5. The number of carbonyl (C=O) groups is 2. The molecular weight excluding hydrogens is 402 g/mol. The third-order valence-corrected chi connectivity index (χ3v) is 6.51. The van der Waals surface area contributed by atoms with E-state index < -0.39 is 11.9 Å². The number of fused-ring (bicyclic) bond motifs is 3. The summed E-state index contributed by atoms with van der Waals surface area (Å²) in [6.45, 7) is 2.38. The Hall–Kier alpha value is -3.41. The number of benzene rings is 2. The van der Waals surface area contributed by atoms with Crippen LogP contribution in [0.25, 0.3) is 11.0 Å². The number of ether oxygens (including phenoxy) is 1. The van der Waals surface area contributed by atoms with Crippen molar-refractivity contribution in [2.75, 3.05) is 11.5 Å². The predicted octanol–water partition coefficient (Wildman–Crippen LogP) is 4.66. The van der Waals surface area contributed by atoms with Crippen molar-refractivity contribution in [3.63, 3.8) is 0 Å². The molecule has 6 heteroatoms. The van der Waals surface area contributed by atoms with Crippen LogP contribution in [0, 0.1) is 11.8 Å². The topological polar surface area (TPSA) is 64.4 Å². The molecule has 2 aliphatic rings. The average molecular weight is 430 g/mol. The van der Waals surface area contributed by atoms with E-state index in [0.717, 1.165) is 35.9 Å². The number of imidazole rings is 1. The molecule has 2 heterocycles. The second-order valence-electron chi connectivity index (χ2n) is 8.45. The van der Waals surface area contributed by atoms with Crippen LogP contribution in [0.4, 0.5) is 5.95 Å². The number of hydrogen-bond donors (Lipinski definition) is 0. The molecule has 3 aromatic rings. The van der Waals surface area contributed by atoms with E-state index in [2.05, 4.69) is 16.7 Å². The summed E-state index contributed by atoms with van der Waals surface area (Å²) in [4.78, 5) is 33.6. The third-order valence-electron chi connectivity index (χ3n) is 6.51. The summed E-state index contributed by atoms with van der Waals surface area (Å²) in [7, 11) is 0. The number of nitrogens with zero attached hydrogens (tertiary/aromatic N) is 3. The van der Waals surface area contributed by atoms with Crippen molar-refractivity contribution in [3.8, 4) is 0 Å². The number of anilines is 1. The van der Waals surface area contributed by atoms with E-state index in [4.69, 9.17) is 9.72 Å². The molecule has 0 radical (unpaired) electrons. The van der Waals surface area contributed by atoms with Gasteiger partial charge < -0.3 is 9.30 Å². The van der Waals surface area contributed by atoms with Gasteiger partial charge in [0.25, 0.3) is 0 Å². The molecule has 1 aromatic heterocycles. The van der Waals surface area contributed by atoms with E-state index in [-0.39, 0.29) is 24.5 Å². The minimum absolute atomic E-state index is 0.161. The van der Waals surface area contributed by atoms with Gasteiger partial charge in [-0.1, -0.05) is 54.6 Å². The van der Waals surface area contributed by atoms with Crippen LogP contribution in [0.15, 0.2) is 66.7 Å². The second-order valence-corrected chi connectivity index (χ2v) is 8.45. The third kappa shape index (κ3) is 3.49. The lowest BCUT2D eigenvalue weighted by Crippen LogP contribution is -2.51. The van der Waals surface area contributed by atoms with Crippen molar-refractivity contribution in [1.82, 2.24) is 9.55 Å². The molecule has 0 saturated carbocycles. The van der Waals surface area contributed by atoms with Crippen LogP contribution in [-0.2, 0) is 20.9 Å². The van der Waals surface area contributed by atoms with E-state index in [9.17, 15) is 9.59 Å². The maximum atomic E-state index is 13.9. The Morgan fingerprint density at radius 1 is 1.09 bits per heavy atom. The fourth-order valence-electron chi connectivity index (χ4n) is 5.07. The Bertz CT molecular complexity index is 1170. The van der Waals surface area contributed by atoms with Crippen LogP contribution in [-0.4, -0.2) is 28.0 Å². The summed E-state index contributed by atoms with van der Waals surface area (Å²) in [6, 6.07) is 17.4. The molecule has 6 nitrogen and oxygen atoms in total. The number of aromatic nitrogens is 2. The van der Waals surface area contributed by atoms with Crippen LogP contribution < -0.4 is 4.90 Å². The van der Waals surface area contributed by atoms with Gasteiger partial charge in [-0.3, -0.25) is 14.5 Å². The fraction of sp³-hybridized carbons (Fsp3) is 0.346. The van der Waals surface area contributed by atoms with Crippen molar-refractivity contribution >= 4 is 28.9 Å². The lowest BCUT2D eigenvalue weighted by atomic mass is 9.79. The quantitative estimate of drug-likeness (QED) is 0.336. The van der Waals surface area contributed by atoms with Gasteiger partial charge in [0.05, 0.1) is 30.2 Å². The summed E-state index contributed by atoms with van der Waals surface area (Å²) >= 11 is 0. The SMILES string of the molecule is CCOC(=O)[C@H]1C(=O)N(Cc2ccccc2)c2nc3ccccc3n2[C@@H]1[C@@H]1CC=CCC1. The van der Waals surface area contributed by atoms with Crippen LogP contribution in [0.3, 0.4) is 0 Å². The number of amides is 1. The van der Waals surface area contributed by atoms with Crippen molar-refractivity contribution in [1.29, 1.82) is 0 Å². The molecule has 0 saturated heterocycles. The molecule has 3 atom stereocenters. The fourth-order valence-corrected chi connectivity index (χ4v) is 5.07. The molecule has 0 unspecified atom stereocenters. The minimum Gasteiger partial charge on any atom is -0.465 e. The van der Waals surface area contributed by atoms with Gasteiger partial charge in [-0.2, -0.15) is 0 Å². The second kappa shape index (κ2) is 8.61. The zero-order valence-electron chi connectivity index (χ0n) is 18.2. The van der Waals surface area contributed by atoms with Crippen molar-refractivity contribution in [3.05, 3.63) is 72.3 Å². The van der Waals surface area contributed by atoms with Gasteiger partial charge in [-0.15, -0.1) is 0 Å². The molecule has 164 valence electrons.